The number of nitrogens with one attached hydrogen (secondary N) is 1. The fourth-order valence-electron chi connectivity index (χ4n) is 1.91. The third-order valence-corrected chi connectivity index (χ3v) is 4.25. The average Bonchev–Trinajstić information content (AvgIpc) is 2.39. The van der Waals surface area contributed by atoms with Gasteiger partial charge in [0.05, 0.1) is 11.6 Å². The second kappa shape index (κ2) is 6.44. The van der Waals surface area contributed by atoms with Crippen LogP contribution in [0.25, 0.3) is 0 Å². The van der Waals surface area contributed by atoms with Crippen molar-refractivity contribution in [1.82, 2.24) is 0 Å². The van der Waals surface area contributed by atoms with Gasteiger partial charge in [-0.2, -0.15) is 0 Å². The first-order valence-electron chi connectivity index (χ1n) is 5.96. The van der Waals surface area contributed by atoms with Gasteiger partial charge in [-0.25, -0.2) is 0 Å². The monoisotopic (exact) mass is 383 g/mol. The zero-order valence-corrected chi connectivity index (χ0v) is 14.0. The molecule has 4 heteroatoms. The molecule has 2 aromatic carbocycles. The Kier molecular flexibility index (Phi) is 4.88. The first kappa shape index (κ1) is 14.4. The molecule has 0 aliphatic rings. The third kappa shape index (κ3) is 3.51. The van der Waals surface area contributed by atoms with E-state index in [0.717, 1.165) is 20.4 Å². The predicted octanol–water partition coefficient (Wildman–Crippen LogP) is 5.39. The minimum Gasteiger partial charge on any atom is -0.496 e. The zero-order valence-electron chi connectivity index (χ0n) is 10.8. The van der Waals surface area contributed by atoms with E-state index in [4.69, 9.17) is 4.74 Å². The molecule has 1 N–H and O–H groups in total. The molecule has 0 amide bonds. The summed E-state index contributed by atoms with van der Waals surface area (Å²) < 4.78 is 7.28. The highest BCUT2D eigenvalue weighted by molar-refractivity contribution is 9.10. The molecule has 0 bridgehead atoms. The van der Waals surface area contributed by atoms with Crippen molar-refractivity contribution < 1.29 is 4.74 Å². The first-order valence-corrected chi connectivity index (χ1v) is 7.55. The van der Waals surface area contributed by atoms with E-state index in [1.54, 1.807) is 7.11 Å². The molecule has 0 saturated heterocycles. The molecule has 0 saturated carbocycles. The van der Waals surface area contributed by atoms with E-state index in [-0.39, 0.29) is 6.04 Å². The number of benzene rings is 2. The van der Waals surface area contributed by atoms with Gasteiger partial charge < -0.3 is 10.1 Å². The van der Waals surface area contributed by atoms with Crippen LogP contribution in [0.1, 0.15) is 18.5 Å². The standard InChI is InChI=1S/C15H15Br2NO/c1-10(12-5-3-4-6-13(12)16)18-11-7-8-15(19-2)14(17)9-11/h3-10,18H,1-2H3. The van der Waals surface area contributed by atoms with E-state index in [0.29, 0.717) is 0 Å². The minimum atomic E-state index is 0.218. The lowest BCUT2D eigenvalue weighted by molar-refractivity contribution is 0.412. The molecule has 19 heavy (non-hydrogen) atoms. The normalized spacial score (nSPS) is 12.0. The summed E-state index contributed by atoms with van der Waals surface area (Å²) in [5.41, 5.74) is 2.28. The summed E-state index contributed by atoms with van der Waals surface area (Å²) in [5.74, 6) is 0.832. The zero-order chi connectivity index (χ0) is 13.8. The number of halogens is 2. The van der Waals surface area contributed by atoms with Crippen LogP contribution in [0.15, 0.2) is 51.4 Å². The van der Waals surface area contributed by atoms with Gasteiger partial charge in [0.15, 0.2) is 0 Å². The third-order valence-electron chi connectivity index (χ3n) is 2.91. The Morgan fingerprint density at radius 1 is 1.05 bits per heavy atom. The summed E-state index contributed by atoms with van der Waals surface area (Å²) >= 11 is 7.07. The minimum absolute atomic E-state index is 0.218. The maximum absolute atomic E-state index is 5.23. The highest BCUT2D eigenvalue weighted by Gasteiger charge is 2.09. The Labute approximate surface area is 130 Å². The number of hydrogen-bond acceptors (Lipinski definition) is 2. The number of rotatable bonds is 4. The van der Waals surface area contributed by atoms with E-state index in [2.05, 4.69) is 56.2 Å². The first-order chi connectivity index (χ1) is 9.11. The fraction of sp³-hybridized carbons (Fsp3) is 0.200. The Morgan fingerprint density at radius 2 is 1.79 bits per heavy atom. The molecule has 2 nitrogen and oxygen atoms in total. The second-order valence-corrected chi connectivity index (χ2v) is 5.95. The summed E-state index contributed by atoms with van der Waals surface area (Å²) in [6.07, 6.45) is 0. The van der Waals surface area contributed by atoms with Gasteiger partial charge in [-0.1, -0.05) is 34.1 Å². The lowest BCUT2D eigenvalue weighted by Gasteiger charge is -2.17. The van der Waals surface area contributed by atoms with E-state index in [1.807, 2.05) is 30.3 Å². The quantitative estimate of drug-likeness (QED) is 0.762. The maximum Gasteiger partial charge on any atom is 0.133 e. The molecule has 1 unspecified atom stereocenters. The van der Waals surface area contributed by atoms with Crippen LogP contribution in [0.5, 0.6) is 5.75 Å². The molecular formula is C15H15Br2NO. The lowest BCUT2D eigenvalue weighted by Crippen LogP contribution is -2.07. The van der Waals surface area contributed by atoms with E-state index in [9.17, 15) is 0 Å². The van der Waals surface area contributed by atoms with Crippen molar-refractivity contribution in [1.29, 1.82) is 0 Å². The molecule has 0 aromatic heterocycles. The summed E-state index contributed by atoms with van der Waals surface area (Å²) in [6, 6.07) is 14.4. The molecule has 0 fully saturated rings. The van der Waals surface area contributed by atoms with Crippen molar-refractivity contribution >= 4 is 37.5 Å². The van der Waals surface area contributed by atoms with E-state index < -0.39 is 0 Å². The summed E-state index contributed by atoms with van der Waals surface area (Å²) in [5, 5.41) is 3.48. The predicted molar refractivity (Wildman–Crippen MR) is 86.9 cm³/mol. The van der Waals surface area contributed by atoms with E-state index >= 15 is 0 Å². The van der Waals surface area contributed by atoms with Crippen molar-refractivity contribution in [2.24, 2.45) is 0 Å². The van der Waals surface area contributed by atoms with Crippen LogP contribution in [-0.4, -0.2) is 7.11 Å². The van der Waals surface area contributed by atoms with Crippen molar-refractivity contribution in [3.05, 3.63) is 57.0 Å². The van der Waals surface area contributed by atoms with Gasteiger partial charge in [0.2, 0.25) is 0 Å². The van der Waals surface area contributed by atoms with Crippen LogP contribution < -0.4 is 10.1 Å². The number of hydrogen-bond donors (Lipinski definition) is 1. The SMILES string of the molecule is COc1ccc(NC(C)c2ccccc2Br)cc1Br. The largest absolute Gasteiger partial charge is 0.496 e. The highest BCUT2D eigenvalue weighted by Crippen LogP contribution is 2.31. The van der Waals surface area contributed by atoms with Gasteiger partial charge in [-0.05, 0) is 52.7 Å². The summed E-state index contributed by atoms with van der Waals surface area (Å²) in [6.45, 7) is 2.14. The number of ether oxygens (including phenoxy) is 1. The Hall–Kier alpha value is -1.000. The van der Waals surface area contributed by atoms with Gasteiger partial charge >= 0.3 is 0 Å². The number of anilines is 1. The Morgan fingerprint density at radius 3 is 2.42 bits per heavy atom. The van der Waals surface area contributed by atoms with Crippen LogP contribution in [0.2, 0.25) is 0 Å². The summed E-state index contributed by atoms with van der Waals surface area (Å²) in [7, 11) is 1.66. The van der Waals surface area contributed by atoms with Gasteiger partial charge in [0.25, 0.3) is 0 Å². The van der Waals surface area contributed by atoms with Crippen molar-refractivity contribution in [3.63, 3.8) is 0 Å². The van der Waals surface area contributed by atoms with Crippen LogP contribution in [0.3, 0.4) is 0 Å². The Balaban J connectivity index is 2.17. The van der Waals surface area contributed by atoms with Gasteiger partial charge in [0, 0.05) is 16.2 Å². The van der Waals surface area contributed by atoms with Crippen LogP contribution in [0, 0.1) is 0 Å². The molecule has 1 atom stereocenters. The molecule has 0 radical (unpaired) electrons. The average molecular weight is 385 g/mol. The van der Waals surface area contributed by atoms with Crippen LogP contribution >= 0.6 is 31.9 Å². The van der Waals surface area contributed by atoms with Crippen molar-refractivity contribution in [3.8, 4) is 5.75 Å². The molecule has 0 spiro atoms. The molecule has 0 heterocycles. The van der Waals surface area contributed by atoms with Crippen LogP contribution in [0.4, 0.5) is 5.69 Å². The highest BCUT2D eigenvalue weighted by atomic mass is 79.9. The van der Waals surface area contributed by atoms with Gasteiger partial charge in [-0.3, -0.25) is 0 Å². The van der Waals surface area contributed by atoms with Crippen LogP contribution in [-0.2, 0) is 0 Å². The van der Waals surface area contributed by atoms with Gasteiger partial charge in [0.1, 0.15) is 5.75 Å². The second-order valence-electron chi connectivity index (χ2n) is 4.24. The summed E-state index contributed by atoms with van der Waals surface area (Å²) in [4.78, 5) is 0. The molecule has 0 aliphatic carbocycles. The molecule has 100 valence electrons. The topological polar surface area (TPSA) is 21.3 Å². The molecule has 0 aliphatic heterocycles. The van der Waals surface area contributed by atoms with E-state index in [1.165, 1.54) is 5.56 Å². The van der Waals surface area contributed by atoms with Crippen molar-refractivity contribution in [2.45, 2.75) is 13.0 Å². The smallest absolute Gasteiger partial charge is 0.133 e. The molecule has 2 rings (SSSR count). The fourth-order valence-corrected chi connectivity index (χ4v) is 3.08. The molecular weight excluding hydrogens is 370 g/mol. The lowest BCUT2D eigenvalue weighted by atomic mass is 10.1. The Bertz CT molecular complexity index is 572. The number of methoxy groups -OCH3 is 1. The van der Waals surface area contributed by atoms with Crippen molar-refractivity contribution in [2.75, 3.05) is 12.4 Å². The maximum atomic E-state index is 5.23. The van der Waals surface area contributed by atoms with Gasteiger partial charge in [-0.15, -0.1) is 0 Å². The molecule has 2 aromatic rings.